The molecule has 1 unspecified atom stereocenters. The van der Waals surface area contributed by atoms with Crippen LogP contribution in [-0.2, 0) is 6.54 Å². The zero-order valence-electron chi connectivity index (χ0n) is 14.2. The first-order chi connectivity index (χ1) is 12.1. The van der Waals surface area contributed by atoms with Crippen LogP contribution in [0, 0.1) is 12.7 Å². The molecule has 3 aromatic rings. The number of benzene rings is 1. The van der Waals surface area contributed by atoms with Crippen LogP contribution in [0.3, 0.4) is 0 Å². The highest BCUT2D eigenvalue weighted by molar-refractivity contribution is 7.15. The fourth-order valence-electron chi connectivity index (χ4n) is 2.37. The van der Waals surface area contributed by atoms with Crippen molar-refractivity contribution in [3.63, 3.8) is 0 Å². The lowest BCUT2D eigenvalue weighted by Crippen LogP contribution is -2.30. The topological polar surface area (TPSA) is 79.7 Å². The molecular weight excluding hydrogens is 341 g/mol. The molecule has 0 spiro atoms. The Balaban J connectivity index is 1.67. The summed E-state index contributed by atoms with van der Waals surface area (Å²) < 4.78 is 15.8. The summed E-state index contributed by atoms with van der Waals surface area (Å²) in [5.41, 5.74) is 7.18. The summed E-state index contributed by atoms with van der Waals surface area (Å²) in [6.07, 6.45) is 1.80. The van der Waals surface area contributed by atoms with Gasteiger partial charge in [-0.3, -0.25) is 10.1 Å². The molecule has 7 nitrogen and oxygen atoms in total. The van der Waals surface area contributed by atoms with Gasteiger partial charge in [-0.25, -0.2) is 9.82 Å². The average Bonchev–Trinajstić information content (AvgIpc) is 3.22. The fraction of sp³-hybridized carbons (Fsp3) is 0.312. The normalized spacial score (nSPS) is 12.3. The van der Waals surface area contributed by atoms with Crippen molar-refractivity contribution in [1.82, 2.24) is 30.8 Å². The molecule has 0 saturated heterocycles. The van der Waals surface area contributed by atoms with E-state index >= 15 is 0 Å². The van der Waals surface area contributed by atoms with E-state index in [1.54, 1.807) is 37.0 Å². The van der Waals surface area contributed by atoms with E-state index in [2.05, 4.69) is 31.5 Å². The quantitative estimate of drug-likeness (QED) is 0.562. The Kier molecular flexibility index (Phi) is 5.37. The van der Waals surface area contributed by atoms with Crippen LogP contribution in [0.15, 0.2) is 30.5 Å². The number of aryl methyl sites for hydroxylation is 1. The molecule has 3 rings (SSSR count). The number of hydrazine groups is 1. The van der Waals surface area contributed by atoms with Gasteiger partial charge in [-0.15, -0.1) is 10.2 Å². The summed E-state index contributed by atoms with van der Waals surface area (Å²) in [5, 5.41) is 17.3. The average molecular weight is 361 g/mol. The summed E-state index contributed by atoms with van der Waals surface area (Å²) in [5.74, 6) is 0.456. The fourth-order valence-corrected chi connectivity index (χ4v) is 3.12. The highest BCUT2D eigenvalue weighted by Crippen LogP contribution is 2.23. The highest BCUT2D eigenvalue weighted by atomic mass is 32.1. The lowest BCUT2D eigenvalue weighted by Gasteiger charge is -2.07. The standard InChI is InChI=1S/C16H20FN7S/c1-10-5-4-6-12(14(10)17)9-24-8-7-13(23-24)19-16-22-21-15(25-16)11(2)20-18-3/h4-8,11,18,20H,9H2,1-3H3,(H,19,22,23). The van der Waals surface area contributed by atoms with Crippen molar-refractivity contribution < 1.29 is 4.39 Å². The summed E-state index contributed by atoms with van der Waals surface area (Å²) in [6.45, 7) is 4.12. The maximum atomic E-state index is 14.1. The predicted octanol–water partition coefficient (Wildman–Crippen LogP) is 2.76. The predicted molar refractivity (Wildman–Crippen MR) is 96.3 cm³/mol. The van der Waals surface area contributed by atoms with E-state index in [1.165, 1.54) is 11.3 Å². The van der Waals surface area contributed by atoms with Gasteiger partial charge in [-0.1, -0.05) is 29.5 Å². The van der Waals surface area contributed by atoms with Crippen LogP contribution in [0.1, 0.15) is 29.1 Å². The molecule has 2 heterocycles. The van der Waals surface area contributed by atoms with Crippen molar-refractivity contribution in [2.75, 3.05) is 12.4 Å². The second-order valence-electron chi connectivity index (χ2n) is 5.63. The minimum Gasteiger partial charge on any atom is -0.313 e. The van der Waals surface area contributed by atoms with Crippen LogP contribution in [0.5, 0.6) is 0 Å². The Morgan fingerprint density at radius 2 is 2.12 bits per heavy atom. The zero-order valence-corrected chi connectivity index (χ0v) is 15.1. The summed E-state index contributed by atoms with van der Waals surface area (Å²) in [7, 11) is 1.81. The van der Waals surface area contributed by atoms with Gasteiger partial charge in [0.2, 0.25) is 5.13 Å². The van der Waals surface area contributed by atoms with E-state index in [0.29, 0.717) is 28.6 Å². The number of anilines is 2. The van der Waals surface area contributed by atoms with Crippen molar-refractivity contribution >= 4 is 22.3 Å². The third-order valence-electron chi connectivity index (χ3n) is 3.65. The second kappa shape index (κ2) is 7.68. The molecule has 0 radical (unpaired) electrons. The van der Waals surface area contributed by atoms with Gasteiger partial charge in [0.05, 0.1) is 12.6 Å². The van der Waals surface area contributed by atoms with Crippen molar-refractivity contribution in [3.8, 4) is 0 Å². The van der Waals surface area contributed by atoms with Crippen LogP contribution in [0.4, 0.5) is 15.3 Å². The molecule has 0 bridgehead atoms. The summed E-state index contributed by atoms with van der Waals surface area (Å²) in [4.78, 5) is 0. The highest BCUT2D eigenvalue weighted by Gasteiger charge is 2.12. The Morgan fingerprint density at radius 1 is 1.28 bits per heavy atom. The SMILES string of the molecule is CNNC(C)c1nnc(Nc2ccn(Cc3cccc(C)c3F)n2)s1. The number of nitrogens with one attached hydrogen (secondary N) is 3. The Bertz CT molecular complexity index is 845. The first-order valence-electron chi connectivity index (χ1n) is 7.87. The van der Waals surface area contributed by atoms with Gasteiger partial charge in [-0.2, -0.15) is 5.10 Å². The van der Waals surface area contributed by atoms with Crippen LogP contribution in [0.25, 0.3) is 0 Å². The van der Waals surface area contributed by atoms with Crippen LogP contribution >= 0.6 is 11.3 Å². The van der Waals surface area contributed by atoms with Crippen LogP contribution in [0.2, 0.25) is 0 Å². The van der Waals surface area contributed by atoms with Gasteiger partial charge in [0, 0.05) is 17.8 Å². The monoisotopic (exact) mass is 361 g/mol. The van der Waals surface area contributed by atoms with Crippen LogP contribution in [-0.4, -0.2) is 27.0 Å². The molecule has 2 aromatic heterocycles. The molecule has 9 heteroatoms. The number of hydrogen-bond acceptors (Lipinski definition) is 7. The van der Waals surface area contributed by atoms with Crippen LogP contribution < -0.4 is 16.2 Å². The molecule has 1 atom stereocenters. The third-order valence-corrected chi connectivity index (χ3v) is 4.67. The second-order valence-corrected chi connectivity index (χ2v) is 6.64. The smallest absolute Gasteiger partial charge is 0.211 e. The summed E-state index contributed by atoms with van der Waals surface area (Å²) in [6, 6.07) is 7.25. The van der Waals surface area contributed by atoms with Gasteiger partial charge in [0.15, 0.2) is 5.82 Å². The molecule has 25 heavy (non-hydrogen) atoms. The Labute approximate surface area is 149 Å². The molecule has 1 aromatic carbocycles. The molecule has 0 aliphatic carbocycles. The van der Waals surface area contributed by atoms with Crippen molar-refractivity contribution in [2.24, 2.45) is 0 Å². The molecule has 3 N–H and O–H groups in total. The number of rotatable bonds is 7. The lowest BCUT2D eigenvalue weighted by atomic mass is 10.1. The van der Waals surface area contributed by atoms with Gasteiger partial charge in [-0.05, 0) is 26.5 Å². The van der Waals surface area contributed by atoms with Gasteiger partial charge < -0.3 is 5.32 Å². The minimum absolute atomic E-state index is 0.0555. The first kappa shape index (κ1) is 17.5. The van der Waals surface area contributed by atoms with Crippen molar-refractivity contribution in [3.05, 3.63) is 52.4 Å². The first-order valence-corrected chi connectivity index (χ1v) is 8.68. The third kappa shape index (κ3) is 4.19. The molecule has 0 aliphatic heterocycles. The van der Waals surface area contributed by atoms with Gasteiger partial charge in [0.1, 0.15) is 10.8 Å². The number of hydrogen-bond donors (Lipinski definition) is 3. The van der Waals surface area contributed by atoms with Gasteiger partial charge >= 0.3 is 0 Å². The molecule has 0 fully saturated rings. The largest absolute Gasteiger partial charge is 0.313 e. The Morgan fingerprint density at radius 3 is 2.92 bits per heavy atom. The maximum Gasteiger partial charge on any atom is 0.211 e. The molecule has 132 valence electrons. The van der Waals surface area contributed by atoms with Crippen molar-refractivity contribution in [2.45, 2.75) is 26.4 Å². The Hall–Kier alpha value is -2.36. The van der Waals surface area contributed by atoms with E-state index in [9.17, 15) is 4.39 Å². The minimum atomic E-state index is -0.188. The van der Waals surface area contributed by atoms with E-state index in [-0.39, 0.29) is 11.9 Å². The van der Waals surface area contributed by atoms with Gasteiger partial charge in [0.25, 0.3) is 0 Å². The lowest BCUT2D eigenvalue weighted by molar-refractivity contribution is 0.501. The molecule has 0 aliphatic rings. The van der Waals surface area contributed by atoms with E-state index < -0.39 is 0 Å². The molecule has 0 saturated carbocycles. The van der Waals surface area contributed by atoms with E-state index in [0.717, 1.165) is 5.01 Å². The maximum absolute atomic E-state index is 14.1. The van der Waals surface area contributed by atoms with E-state index in [1.807, 2.05) is 19.1 Å². The summed E-state index contributed by atoms with van der Waals surface area (Å²) >= 11 is 1.45. The zero-order chi connectivity index (χ0) is 17.8. The number of aromatic nitrogens is 4. The molecular formula is C16H20FN7S. The molecule has 0 amide bonds. The number of nitrogens with zero attached hydrogens (tertiary/aromatic N) is 4. The van der Waals surface area contributed by atoms with Crippen molar-refractivity contribution in [1.29, 1.82) is 0 Å². The van der Waals surface area contributed by atoms with E-state index in [4.69, 9.17) is 0 Å². The number of halogens is 1.